The molecule has 0 spiro atoms. The molecule has 3 aliphatic heterocycles. The van der Waals surface area contributed by atoms with Crippen LogP contribution < -0.4 is 5.32 Å². The van der Waals surface area contributed by atoms with E-state index in [1.54, 1.807) is 0 Å². The van der Waals surface area contributed by atoms with Crippen molar-refractivity contribution in [1.29, 1.82) is 0 Å². The van der Waals surface area contributed by atoms with Crippen molar-refractivity contribution < 1.29 is 94.6 Å². The lowest BCUT2D eigenvalue weighted by Crippen LogP contribution is -2.70. The lowest BCUT2D eigenvalue weighted by Gasteiger charge is -2.50. The molecule has 0 aromatic carbocycles. The highest BCUT2D eigenvalue weighted by molar-refractivity contribution is 5.76. The van der Waals surface area contributed by atoms with Crippen LogP contribution in [-0.2, 0) is 33.3 Å². The van der Waals surface area contributed by atoms with Gasteiger partial charge in [0.05, 0.1) is 32.0 Å². The smallest absolute Gasteiger partial charge is 0.364 e. The van der Waals surface area contributed by atoms with Crippen LogP contribution in [0, 0.1) is 0 Å². The molecule has 14 unspecified atom stereocenters. The highest BCUT2D eigenvalue weighted by Gasteiger charge is 2.60. The molecule has 3 fully saturated rings. The molecule has 0 saturated carbocycles. The van der Waals surface area contributed by atoms with Crippen LogP contribution in [0.15, 0.2) is 0 Å². The number of amides is 1. The zero-order chi connectivity index (χ0) is 32.4. The summed E-state index contributed by atoms with van der Waals surface area (Å²) in [4.78, 5) is 24.3. The zero-order valence-corrected chi connectivity index (χ0v) is 22.7. The number of nitrogens with one attached hydrogen (secondary N) is 1. The van der Waals surface area contributed by atoms with Gasteiger partial charge in [0.2, 0.25) is 5.91 Å². The molecule has 0 aromatic heterocycles. The van der Waals surface area contributed by atoms with E-state index >= 15 is 0 Å². The number of ether oxygens (including phenoxy) is 5. The Hall–Kier alpha value is -1.70. The van der Waals surface area contributed by atoms with Gasteiger partial charge in [-0.3, -0.25) is 4.79 Å². The van der Waals surface area contributed by atoms with Crippen LogP contribution in [-0.4, -0.2) is 191 Å². The van der Waals surface area contributed by atoms with Crippen molar-refractivity contribution in [2.45, 2.75) is 111 Å². The Kier molecular flexibility index (Phi) is 12.1. The second kappa shape index (κ2) is 14.6. The second-order valence-electron chi connectivity index (χ2n) is 10.5. The Balaban J connectivity index is 1.94. The molecule has 0 radical (unpaired) electrons. The van der Waals surface area contributed by atoms with E-state index in [1.807, 2.05) is 0 Å². The van der Waals surface area contributed by atoms with Gasteiger partial charge in [-0.1, -0.05) is 0 Å². The molecular weight excluding hydrogens is 594 g/mol. The number of rotatable bonds is 11. The molecule has 13 N–H and O–H groups in total. The van der Waals surface area contributed by atoms with E-state index in [-0.39, 0.29) is 0 Å². The van der Waals surface area contributed by atoms with E-state index in [0.717, 1.165) is 6.92 Å². The molecule has 16 atom stereocenters. The van der Waals surface area contributed by atoms with Crippen molar-refractivity contribution in [3.63, 3.8) is 0 Å². The van der Waals surface area contributed by atoms with Gasteiger partial charge in [-0.25, -0.2) is 4.79 Å². The fraction of sp³-hybridized carbons (Fsp3) is 0.913. The van der Waals surface area contributed by atoms with Gasteiger partial charge in [0, 0.05) is 13.3 Å². The van der Waals surface area contributed by atoms with Crippen molar-refractivity contribution in [3.05, 3.63) is 0 Å². The van der Waals surface area contributed by atoms with E-state index in [4.69, 9.17) is 23.7 Å². The average molecular weight is 634 g/mol. The maximum absolute atomic E-state index is 12.5. The van der Waals surface area contributed by atoms with Crippen molar-refractivity contribution >= 4 is 11.9 Å². The van der Waals surface area contributed by atoms with Gasteiger partial charge < -0.3 is 90.3 Å². The minimum absolute atomic E-state index is 0.749. The molecule has 3 aliphatic rings. The summed E-state index contributed by atoms with van der Waals surface area (Å²) in [5.41, 5.74) is 0. The highest BCUT2D eigenvalue weighted by atomic mass is 16.8. The summed E-state index contributed by atoms with van der Waals surface area (Å²) < 4.78 is 26.8. The number of aliphatic carboxylic acids is 1. The predicted octanol–water partition coefficient (Wildman–Crippen LogP) is -8.22. The second-order valence-corrected chi connectivity index (χ2v) is 10.5. The van der Waals surface area contributed by atoms with E-state index in [1.165, 1.54) is 0 Å². The first-order valence-corrected chi connectivity index (χ1v) is 13.2. The number of carboxylic acids is 1. The number of carboxylic acid groups (broad SMARTS) is 1. The van der Waals surface area contributed by atoms with E-state index in [0.29, 0.717) is 0 Å². The fourth-order valence-corrected chi connectivity index (χ4v) is 5.16. The van der Waals surface area contributed by atoms with E-state index < -0.39 is 136 Å². The van der Waals surface area contributed by atoms with Crippen LogP contribution in [0.1, 0.15) is 13.3 Å². The lowest BCUT2D eigenvalue weighted by atomic mass is 9.88. The number of aliphatic hydroxyl groups is 11. The number of aliphatic hydroxyl groups excluding tert-OH is 11. The number of hydrogen-bond acceptors (Lipinski definition) is 18. The third-order valence-corrected chi connectivity index (χ3v) is 7.47. The van der Waals surface area contributed by atoms with Crippen LogP contribution in [0.5, 0.6) is 0 Å². The van der Waals surface area contributed by atoms with Gasteiger partial charge in [-0.2, -0.15) is 0 Å². The molecule has 20 heteroatoms. The van der Waals surface area contributed by atoms with Crippen molar-refractivity contribution in [2.24, 2.45) is 0 Å². The average Bonchev–Trinajstić information content (AvgIpc) is 2.96. The molecule has 0 aliphatic carbocycles. The monoisotopic (exact) mass is 633 g/mol. The van der Waals surface area contributed by atoms with E-state index in [2.05, 4.69) is 5.32 Å². The van der Waals surface area contributed by atoms with Crippen LogP contribution in [0.2, 0.25) is 0 Å². The minimum atomic E-state index is -3.02. The SMILES string of the molecule is CC(=O)NC1C(O)CC(OC2C(O)C(CO)OC(OC3C(CO)OC(O)C(O)C3O)C2O)(C(=O)O)OC1[C@H](O)[C@H](O)CO. The summed E-state index contributed by atoms with van der Waals surface area (Å²) in [5.74, 6) is -5.74. The molecule has 43 heavy (non-hydrogen) atoms. The molecule has 0 bridgehead atoms. The minimum Gasteiger partial charge on any atom is -0.477 e. The molecule has 3 rings (SSSR count). The Labute approximate surface area is 243 Å². The normalized spacial score (nSPS) is 45.3. The molecule has 20 nitrogen and oxygen atoms in total. The molecule has 3 saturated heterocycles. The Bertz CT molecular complexity index is 942. The molecule has 3 heterocycles. The van der Waals surface area contributed by atoms with Gasteiger partial charge in [0.25, 0.3) is 5.79 Å². The van der Waals surface area contributed by atoms with Crippen molar-refractivity contribution in [3.8, 4) is 0 Å². The van der Waals surface area contributed by atoms with Crippen molar-refractivity contribution in [1.82, 2.24) is 5.32 Å². The summed E-state index contributed by atoms with van der Waals surface area (Å²) in [6.07, 6.45) is -27.8. The van der Waals surface area contributed by atoms with Crippen molar-refractivity contribution in [2.75, 3.05) is 19.8 Å². The summed E-state index contributed by atoms with van der Waals surface area (Å²) in [6.45, 7) is -1.85. The standard InChI is InChI=1S/C23H39NO19/c1-6(28)24-11-7(29)2-23(22(37)38,42-18(11)12(31)8(30)3-25)43-19-13(32)9(4-26)40-21(16(19)35)41-17-10(5-27)39-20(36)15(34)14(17)33/h7-21,25-27,29-36H,2-5H2,1H3,(H,24,28)(H,37,38)/t7?,8-,9?,10?,11?,12-,13?,14?,15?,16?,17?,18?,19?,20?,21?,23?/m1/s1. The van der Waals surface area contributed by atoms with Gasteiger partial charge in [-0.05, 0) is 0 Å². The third-order valence-electron chi connectivity index (χ3n) is 7.47. The predicted molar refractivity (Wildman–Crippen MR) is 130 cm³/mol. The Morgan fingerprint density at radius 1 is 0.907 bits per heavy atom. The number of carbonyl (C=O) groups is 2. The van der Waals surface area contributed by atoms with Gasteiger partial charge in [-0.15, -0.1) is 0 Å². The molecule has 0 aromatic rings. The van der Waals surface area contributed by atoms with Crippen LogP contribution >= 0.6 is 0 Å². The van der Waals surface area contributed by atoms with Crippen LogP contribution in [0.3, 0.4) is 0 Å². The molecule has 1 amide bonds. The quantitative estimate of drug-likeness (QED) is 0.100. The van der Waals surface area contributed by atoms with E-state index in [9.17, 15) is 70.9 Å². The van der Waals surface area contributed by atoms with Crippen LogP contribution in [0.25, 0.3) is 0 Å². The third kappa shape index (κ3) is 7.41. The lowest BCUT2D eigenvalue weighted by molar-refractivity contribution is -0.385. The summed E-state index contributed by atoms with van der Waals surface area (Å²) >= 11 is 0. The largest absolute Gasteiger partial charge is 0.477 e. The maximum Gasteiger partial charge on any atom is 0.364 e. The first-order valence-electron chi connectivity index (χ1n) is 13.2. The highest BCUT2D eigenvalue weighted by Crippen LogP contribution is 2.38. The molecule has 250 valence electrons. The molecular formula is C23H39NO19. The Morgan fingerprint density at radius 2 is 1.53 bits per heavy atom. The van der Waals surface area contributed by atoms with Gasteiger partial charge >= 0.3 is 5.97 Å². The fourth-order valence-electron chi connectivity index (χ4n) is 5.16. The van der Waals surface area contributed by atoms with Crippen LogP contribution in [0.4, 0.5) is 0 Å². The summed E-state index contributed by atoms with van der Waals surface area (Å²) in [5, 5.41) is 124. The topological polar surface area (TPSA) is 335 Å². The zero-order valence-electron chi connectivity index (χ0n) is 22.7. The first kappa shape index (κ1) is 35.8. The van der Waals surface area contributed by atoms with Gasteiger partial charge in [0.15, 0.2) is 12.6 Å². The number of carbonyl (C=O) groups excluding carboxylic acids is 1. The van der Waals surface area contributed by atoms with Gasteiger partial charge in [0.1, 0.15) is 67.1 Å². The summed E-state index contributed by atoms with van der Waals surface area (Å²) in [6, 6.07) is -1.54. The number of hydrogen-bond donors (Lipinski definition) is 13. The Morgan fingerprint density at radius 3 is 2.07 bits per heavy atom. The first-order chi connectivity index (χ1) is 20.1. The maximum atomic E-state index is 12.5. The summed E-state index contributed by atoms with van der Waals surface area (Å²) in [7, 11) is 0.